The quantitative estimate of drug-likeness (QED) is 0.903. The largest absolute Gasteiger partial charge is 0.306 e. The molecule has 2 nitrogen and oxygen atoms in total. The third kappa shape index (κ3) is 3.59. The second-order valence-corrected chi connectivity index (χ2v) is 7.49. The van der Waals surface area contributed by atoms with E-state index in [-0.39, 0.29) is 0 Å². The van der Waals surface area contributed by atoms with Gasteiger partial charge >= 0.3 is 0 Å². The molecule has 2 rings (SSSR count). The molecule has 0 aliphatic carbocycles. The number of hydrogen-bond donors (Lipinski definition) is 1. The number of piperidine rings is 1. The maximum absolute atomic E-state index is 3.94. The minimum Gasteiger partial charge on any atom is -0.306 e. The summed E-state index contributed by atoms with van der Waals surface area (Å²) >= 11 is 1.88. The van der Waals surface area contributed by atoms with Crippen LogP contribution in [0, 0.1) is 11.8 Å². The van der Waals surface area contributed by atoms with E-state index < -0.39 is 0 Å². The van der Waals surface area contributed by atoms with Gasteiger partial charge in [0.1, 0.15) is 0 Å². The van der Waals surface area contributed by atoms with Crippen molar-refractivity contribution in [3.63, 3.8) is 0 Å². The van der Waals surface area contributed by atoms with E-state index in [4.69, 9.17) is 0 Å². The molecule has 2 heterocycles. The SMILES string of the molecule is CC(C)C(NC1CC(C)N(C)CC1C)c1cccs1. The van der Waals surface area contributed by atoms with Gasteiger partial charge < -0.3 is 10.2 Å². The molecule has 0 radical (unpaired) electrons. The molecule has 0 bridgehead atoms. The predicted octanol–water partition coefficient (Wildman–Crippen LogP) is 3.76. The number of nitrogens with one attached hydrogen (secondary N) is 1. The molecule has 4 unspecified atom stereocenters. The molecule has 1 N–H and O–H groups in total. The van der Waals surface area contributed by atoms with Gasteiger partial charge in [-0.25, -0.2) is 0 Å². The van der Waals surface area contributed by atoms with E-state index in [2.05, 4.69) is 62.5 Å². The highest BCUT2D eigenvalue weighted by atomic mass is 32.1. The highest BCUT2D eigenvalue weighted by molar-refractivity contribution is 7.10. The number of nitrogens with zero attached hydrogens (tertiary/aromatic N) is 1. The first-order valence-electron chi connectivity index (χ1n) is 7.48. The lowest BCUT2D eigenvalue weighted by Crippen LogP contribution is -2.52. The maximum Gasteiger partial charge on any atom is 0.0440 e. The van der Waals surface area contributed by atoms with E-state index in [0.29, 0.717) is 24.0 Å². The fraction of sp³-hybridized carbons (Fsp3) is 0.750. The first-order chi connectivity index (χ1) is 8.99. The molecule has 1 aromatic heterocycles. The van der Waals surface area contributed by atoms with Gasteiger partial charge in [0.25, 0.3) is 0 Å². The minimum absolute atomic E-state index is 0.503. The van der Waals surface area contributed by atoms with Crippen molar-refractivity contribution in [1.29, 1.82) is 0 Å². The fourth-order valence-electron chi connectivity index (χ4n) is 3.08. The molecule has 19 heavy (non-hydrogen) atoms. The summed E-state index contributed by atoms with van der Waals surface area (Å²) in [6, 6.07) is 6.26. The van der Waals surface area contributed by atoms with E-state index in [9.17, 15) is 0 Å². The van der Waals surface area contributed by atoms with Gasteiger partial charge in [-0.1, -0.05) is 26.8 Å². The molecule has 1 aromatic rings. The van der Waals surface area contributed by atoms with Gasteiger partial charge in [-0.15, -0.1) is 11.3 Å². The van der Waals surface area contributed by atoms with Crippen LogP contribution in [0.5, 0.6) is 0 Å². The summed E-state index contributed by atoms with van der Waals surface area (Å²) in [5.41, 5.74) is 0. The monoisotopic (exact) mass is 280 g/mol. The van der Waals surface area contributed by atoms with Gasteiger partial charge in [0.15, 0.2) is 0 Å². The fourth-order valence-corrected chi connectivity index (χ4v) is 4.03. The van der Waals surface area contributed by atoms with Crippen LogP contribution in [0.2, 0.25) is 0 Å². The summed E-state index contributed by atoms with van der Waals surface area (Å²) in [4.78, 5) is 3.96. The van der Waals surface area contributed by atoms with Crippen molar-refractivity contribution in [3.8, 4) is 0 Å². The lowest BCUT2D eigenvalue weighted by atomic mass is 9.88. The topological polar surface area (TPSA) is 15.3 Å². The first-order valence-corrected chi connectivity index (χ1v) is 8.36. The van der Waals surface area contributed by atoms with E-state index >= 15 is 0 Å². The molecule has 1 saturated heterocycles. The van der Waals surface area contributed by atoms with Gasteiger partial charge in [0, 0.05) is 29.5 Å². The third-order valence-corrected chi connectivity index (χ3v) is 5.48. The molecule has 4 atom stereocenters. The lowest BCUT2D eigenvalue weighted by Gasteiger charge is -2.42. The van der Waals surface area contributed by atoms with Crippen LogP contribution in [0.25, 0.3) is 0 Å². The van der Waals surface area contributed by atoms with Crippen molar-refractivity contribution in [2.45, 2.75) is 52.2 Å². The standard InChI is InChI=1S/C16H28N2S/c1-11(2)16(15-7-6-8-19-15)17-14-9-13(4)18(5)10-12(14)3/h6-8,11-14,16-17H,9-10H2,1-5H3. The van der Waals surface area contributed by atoms with Crippen LogP contribution < -0.4 is 5.32 Å². The summed E-state index contributed by atoms with van der Waals surface area (Å²) in [5.74, 6) is 1.36. The Morgan fingerprint density at radius 2 is 2.11 bits per heavy atom. The summed E-state index contributed by atoms with van der Waals surface area (Å²) in [5, 5.41) is 6.13. The van der Waals surface area contributed by atoms with Gasteiger partial charge in [-0.05, 0) is 43.7 Å². The van der Waals surface area contributed by atoms with E-state index in [1.54, 1.807) is 0 Å². The maximum atomic E-state index is 3.94. The van der Waals surface area contributed by atoms with Crippen LogP contribution in [0.3, 0.4) is 0 Å². The average Bonchev–Trinajstić information content (AvgIpc) is 2.85. The minimum atomic E-state index is 0.503. The molecular formula is C16H28N2S. The molecule has 1 aliphatic rings. The summed E-state index contributed by atoms with van der Waals surface area (Å²) < 4.78 is 0. The van der Waals surface area contributed by atoms with Crippen LogP contribution in [0.1, 0.15) is 45.0 Å². The summed E-state index contributed by atoms with van der Waals surface area (Å²) in [6.45, 7) is 10.6. The van der Waals surface area contributed by atoms with E-state index in [1.807, 2.05) is 11.3 Å². The van der Waals surface area contributed by atoms with Crippen molar-refractivity contribution in [2.24, 2.45) is 11.8 Å². The average molecular weight is 280 g/mol. The Hall–Kier alpha value is -0.380. The Kier molecular flexibility index (Phi) is 5.04. The Morgan fingerprint density at radius 3 is 2.68 bits per heavy atom. The molecule has 1 fully saturated rings. The normalized spacial score (nSPS) is 30.7. The number of thiophene rings is 1. The number of likely N-dealkylation sites (tertiary alicyclic amines) is 1. The van der Waals surface area contributed by atoms with Gasteiger partial charge in [0.05, 0.1) is 0 Å². The Morgan fingerprint density at radius 1 is 1.37 bits per heavy atom. The molecule has 0 amide bonds. The third-order valence-electron chi connectivity index (χ3n) is 4.52. The number of hydrogen-bond acceptors (Lipinski definition) is 3. The second-order valence-electron chi connectivity index (χ2n) is 6.51. The molecule has 0 saturated carbocycles. The van der Waals surface area contributed by atoms with Crippen molar-refractivity contribution >= 4 is 11.3 Å². The van der Waals surface area contributed by atoms with Crippen molar-refractivity contribution in [2.75, 3.05) is 13.6 Å². The van der Waals surface area contributed by atoms with Gasteiger partial charge in [0.2, 0.25) is 0 Å². The zero-order valence-corrected chi connectivity index (χ0v) is 13.7. The molecule has 3 heteroatoms. The highest BCUT2D eigenvalue weighted by Crippen LogP contribution is 2.29. The van der Waals surface area contributed by atoms with Crippen LogP contribution in [-0.2, 0) is 0 Å². The molecular weight excluding hydrogens is 252 g/mol. The molecule has 0 aromatic carbocycles. The van der Waals surface area contributed by atoms with Crippen molar-refractivity contribution in [3.05, 3.63) is 22.4 Å². The molecule has 1 aliphatic heterocycles. The second kappa shape index (κ2) is 6.38. The van der Waals surface area contributed by atoms with Gasteiger partial charge in [-0.3, -0.25) is 0 Å². The van der Waals surface area contributed by atoms with E-state index in [0.717, 1.165) is 5.92 Å². The highest BCUT2D eigenvalue weighted by Gasteiger charge is 2.31. The Labute approximate surface area is 122 Å². The van der Waals surface area contributed by atoms with Crippen LogP contribution >= 0.6 is 11.3 Å². The smallest absolute Gasteiger partial charge is 0.0440 e. The number of rotatable bonds is 4. The lowest BCUT2D eigenvalue weighted by molar-refractivity contribution is 0.111. The molecule has 0 spiro atoms. The summed E-state index contributed by atoms with van der Waals surface area (Å²) in [7, 11) is 2.25. The van der Waals surface area contributed by atoms with Crippen molar-refractivity contribution in [1.82, 2.24) is 10.2 Å². The zero-order chi connectivity index (χ0) is 14.0. The Balaban J connectivity index is 2.05. The van der Waals surface area contributed by atoms with E-state index in [1.165, 1.54) is 17.8 Å². The molecule has 108 valence electrons. The Bertz CT molecular complexity index is 374. The van der Waals surface area contributed by atoms with Gasteiger partial charge in [-0.2, -0.15) is 0 Å². The summed E-state index contributed by atoms with van der Waals surface area (Å²) in [6.07, 6.45) is 1.26. The van der Waals surface area contributed by atoms with Crippen LogP contribution in [-0.4, -0.2) is 30.6 Å². The van der Waals surface area contributed by atoms with Crippen molar-refractivity contribution < 1.29 is 0 Å². The first kappa shape index (κ1) is 15.0. The van der Waals surface area contributed by atoms with Crippen LogP contribution in [0.15, 0.2) is 17.5 Å². The van der Waals surface area contributed by atoms with Crippen LogP contribution in [0.4, 0.5) is 0 Å². The predicted molar refractivity (Wildman–Crippen MR) is 84.7 cm³/mol. The zero-order valence-electron chi connectivity index (χ0n) is 12.9.